The molecular formula is C22H21N3O3S. The van der Waals surface area contributed by atoms with E-state index >= 15 is 0 Å². The Hall–Kier alpha value is -3.19. The zero-order valence-electron chi connectivity index (χ0n) is 16.5. The lowest BCUT2D eigenvalue weighted by Crippen LogP contribution is -2.13. The summed E-state index contributed by atoms with van der Waals surface area (Å²) in [6, 6.07) is 13.4. The molecule has 7 heteroatoms. The molecule has 2 aromatic heterocycles. The number of aromatic nitrogens is 3. The average Bonchev–Trinajstić information content (AvgIpc) is 3.26. The Kier molecular flexibility index (Phi) is 5.07. The van der Waals surface area contributed by atoms with Crippen LogP contribution in [-0.2, 0) is 20.2 Å². The van der Waals surface area contributed by atoms with Crippen LogP contribution in [-0.4, -0.2) is 20.1 Å². The topological polar surface area (TPSA) is 66.1 Å². The van der Waals surface area contributed by atoms with Crippen molar-refractivity contribution in [2.45, 2.75) is 27.0 Å². The van der Waals surface area contributed by atoms with Crippen LogP contribution in [0.15, 0.2) is 53.5 Å². The molecule has 148 valence electrons. The number of aryl methyl sites for hydroxylation is 3. The summed E-state index contributed by atoms with van der Waals surface area (Å²) in [7, 11) is 1.75. The number of ether oxygens (including phenoxy) is 1. The molecule has 4 aromatic rings. The van der Waals surface area contributed by atoms with Crippen LogP contribution >= 0.6 is 11.3 Å². The molecule has 6 nitrogen and oxygen atoms in total. The first-order valence-electron chi connectivity index (χ1n) is 9.37. The molecule has 2 aromatic carbocycles. The summed E-state index contributed by atoms with van der Waals surface area (Å²) in [5.74, 6) is 0.262. The molecular weight excluding hydrogens is 386 g/mol. The van der Waals surface area contributed by atoms with Gasteiger partial charge in [0, 0.05) is 19.2 Å². The number of carbonyl (C=O) groups excluding carboxylic acids is 1. The standard InChI is InChI=1S/C22H21N3O3S/c1-4-25-19-14(2)16(10-11-18(19)29-22(25)27)20(26)17-12-23-24(3)21(17)28-13-15-8-6-5-7-9-15/h5-12H,4,13H2,1-3H3. The highest BCUT2D eigenvalue weighted by Crippen LogP contribution is 2.28. The summed E-state index contributed by atoms with van der Waals surface area (Å²) in [5.41, 5.74) is 3.59. The molecule has 0 aliphatic carbocycles. The molecule has 0 aliphatic heterocycles. The predicted octanol–water partition coefficient (Wildman–Crippen LogP) is 3.93. The Bertz CT molecular complexity index is 1250. The van der Waals surface area contributed by atoms with Gasteiger partial charge in [0.05, 0.1) is 16.4 Å². The van der Waals surface area contributed by atoms with Gasteiger partial charge in [-0.05, 0) is 37.1 Å². The molecule has 0 amide bonds. The largest absolute Gasteiger partial charge is 0.472 e. The maximum absolute atomic E-state index is 13.3. The van der Waals surface area contributed by atoms with E-state index in [1.807, 2.05) is 50.2 Å². The summed E-state index contributed by atoms with van der Waals surface area (Å²) in [6.45, 7) is 4.72. The van der Waals surface area contributed by atoms with E-state index in [1.54, 1.807) is 22.4 Å². The van der Waals surface area contributed by atoms with E-state index in [4.69, 9.17) is 4.74 Å². The summed E-state index contributed by atoms with van der Waals surface area (Å²) in [6.07, 6.45) is 1.53. The maximum Gasteiger partial charge on any atom is 0.308 e. The number of hydrogen-bond donors (Lipinski definition) is 0. The number of benzene rings is 2. The van der Waals surface area contributed by atoms with Gasteiger partial charge in [-0.15, -0.1) is 0 Å². The van der Waals surface area contributed by atoms with Gasteiger partial charge in [-0.1, -0.05) is 41.7 Å². The molecule has 0 atom stereocenters. The van der Waals surface area contributed by atoms with E-state index in [1.165, 1.54) is 17.5 Å². The second-order valence-electron chi connectivity index (χ2n) is 6.79. The van der Waals surface area contributed by atoms with Crippen LogP contribution in [0.3, 0.4) is 0 Å². The van der Waals surface area contributed by atoms with Crippen molar-refractivity contribution in [3.63, 3.8) is 0 Å². The van der Waals surface area contributed by atoms with Crippen molar-refractivity contribution in [3.8, 4) is 5.88 Å². The Morgan fingerprint density at radius 1 is 1.14 bits per heavy atom. The highest BCUT2D eigenvalue weighted by Gasteiger charge is 2.23. The zero-order valence-corrected chi connectivity index (χ0v) is 17.3. The molecule has 0 N–H and O–H groups in total. The van der Waals surface area contributed by atoms with Gasteiger partial charge < -0.3 is 4.74 Å². The van der Waals surface area contributed by atoms with E-state index in [9.17, 15) is 9.59 Å². The third-order valence-electron chi connectivity index (χ3n) is 4.99. The number of nitrogens with zero attached hydrogens (tertiary/aromatic N) is 3. The maximum atomic E-state index is 13.3. The fourth-order valence-electron chi connectivity index (χ4n) is 3.49. The monoisotopic (exact) mass is 407 g/mol. The van der Waals surface area contributed by atoms with Crippen molar-refractivity contribution in [2.24, 2.45) is 7.05 Å². The van der Waals surface area contributed by atoms with E-state index < -0.39 is 0 Å². The van der Waals surface area contributed by atoms with Crippen LogP contribution in [0.1, 0.15) is 34.0 Å². The molecule has 0 aliphatic rings. The first-order chi connectivity index (χ1) is 14.0. The van der Waals surface area contributed by atoms with Crippen molar-refractivity contribution in [1.82, 2.24) is 14.3 Å². The fourth-order valence-corrected chi connectivity index (χ4v) is 4.51. The van der Waals surface area contributed by atoms with Crippen molar-refractivity contribution in [1.29, 1.82) is 0 Å². The summed E-state index contributed by atoms with van der Waals surface area (Å²) in [4.78, 5) is 25.5. The molecule has 0 fully saturated rings. The van der Waals surface area contributed by atoms with Crippen LogP contribution in [0.5, 0.6) is 5.88 Å². The minimum atomic E-state index is -0.165. The highest BCUT2D eigenvalue weighted by molar-refractivity contribution is 7.16. The van der Waals surface area contributed by atoms with Gasteiger partial charge in [0.25, 0.3) is 0 Å². The van der Waals surface area contributed by atoms with E-state index in [0.29, 0.717) is 30.2 Å². The van der Waals surface area contributed by atoms with E-state index in [-0.39, 0.29) is 10.7 Å². The third kappa shape index (κ3) is 3.38. The number of ketones is 1. The van der Waals surface area contributed by atoms with Crippen molar-refractivity contribution in [3.05, 3.63) is 80.6 Å². The molecule has 2 heterocycles. The summed E-state index contributed by atoms with van der Waals surface area (Å²) < 4.78 is 10.1. The molecule has 4 rings (SSSR count). The molecule has 0 spiro atoms. The van der Waals surface area contributed by atoms with Gasteiger partial charge in [-0.25, -0.2) is 4.68 Å². The number of thiazole rings is 1. The first-order valence-corrected chi connectivity index (χ1v) is 10.2. The van der Waals surface area contributed by atoms with Crippen LogP contribution in [0, 0.1) is 6.92 Å². The van der Waals surface area contributed by atoms with Gasteiger partial charge in [0.1, 0.15) is 12.2 Å². The van der Waals surface area contributed by atoms with Gasteiger partial charge in [0.2, 0.25) is 5.88 Å². The lowest BCUT2D eigenvalue weighted by molar-refractivity contribution is 0.103. The molecule has 0 saturated carbocycles. The SMILES string of the molecule is CCn1c(=O)sc2ccc(C(=O)c3cnn(C)c3OCc3ccccc3)c(C)c21. The summed E-state index contributed by atoms with van der Waals surface area (Å²) in [5, 5.41) is 4.22. The minimum Gasteiger partial charge on any atom is -0.472 e. The second kappa shape index (κ2) is 7.67. The second-order valence-corrected chi connectivity index (χ2v) is 7.78. The van der Waals surface area contributed by atoms with Crippen LogP contribution in [0.2, 0.25) is 0 Å². The van der Waals surface area contributed by atoms with Gasteiger partial charge in [0.15, 0.2) is 5.78 Å². The molecule has 29 heavy (non-hydrogen) atoms. The molecule has 0 saturated heterocycles. The van der Waals surface area contributed by atoms with Crippen LogP contribution in [0.4, 0.5) is 0 Å². The number of fused-ring (bicyclic) bond motifs is 1. The number of hydrogen-bond acceptors (Lipinski definition) is 5. The van der Waals surface area contributed by atoms with E-state index in [2.05, 4.69) is 5.10 Å². The number of rotatable bonds is 6. The normalized spacial score (nSPS) is 11.1. The Morgan fingerprint density at radius 3 is 2.62 bits per heavy atom. The highest BCUT2D eigenvalue weighted by atomic mass is 32.1. The van der Waals surface area contributed by atoms with Crippen LogP contribution in [0.25, 0.3) is 10.2 Å². The van der Waals surface area contributed by atoms with Crippen molar-refractivity contribution >= 4 is 27.3 Å². The number of carbonyl (C=O) groups is 1. The van der Waals surface area contributed by atoms with Gasteiger partial charge in [-0.3, -0.25) is 14.2 Å². The lowest BCUT2D eigenvalue weighted by atomic mass is 10.00. The third-order valence-corrected chi connectivity index (χ3v) is 5.93. The molecule has 0 unspecified atom stereocenters. The zero-order chi connectivity index (χ0) is 20.5. The van der Waals surface area contributed by atoms with E-state index in [0.717, 1.165) is 21.3 Å². The van der Waals surface area contributed by atoms with Gasteiger partial charge >= 0.3 is 4.87 Å². The van der Waals surface area contributed by atoms with Crippen LogP contribution < -0.4 is 9.61 Å². The van der Waals surface area contributed by atoms with Gasteiger partial charge in [-0.2, -0.15) is 5.10 Å². The Balaban J connectivity index is 1.72. The van der Waals surface area contributed by atoms with Crippen molar-refractivity contribution < 1.29 is 9.53 Å². The first kappa shape index (κ1) is 19.1. The quantitative estimate of drug-likeness (QED) is 0.454. The summed E-state index contributed by atoms with van der Waals surface area (Å²) >= 11 is 1.20. The Labute approximate surface area is 172 Å². The fraction of sp³-hybridized carbons (Fsp3) is 0.227. The Morgan fingerprint density at radius 2 is 1.90 bits per heavy atom. The predicted molar refractivity (Wildman–Crippen MR) is 114 cm³/mol. The molecule has 0 bridgehead atoms. The average molecular weight is 407 g/mol. The lowest BCUT2D eigenvalue weighted by Gasteiger charge is -2.11. The smallest absolute Gasteiger partial charge is 0.308 e. The van der Waals surface area contributed by atoms with Crippen molar-refractivity contribution in [2.75, 3.05) is 0 Å². The molecule has 0 radical (unpaired) electrons. The minimum absolute atomic E-state index is 0.0107.